The molecule has 1 aliphatic heterocycles. The highest BCUT2D eigenvalue weighted by Gasteiger charge is 2.38. The van der Waals surface area contributed by atoms with Crippen molar-refractivity contribution < 1.29 is 24.2 Å². The third kappa shape index (κ3) is 5.37. The molecule has 0 amide bonds. The number of rotatable bonds is 8. The molecule has 0 bridgehead atoms. The molecule has 0 spiro atoms. The van der Waals surface area contributed by atoms with Crippen molar-refractivity contribution in [1.29, 1.82) is 0 Å². The molecule has 4 aromatic rings. The van der Waals surface area contributed by atoms with Crippen LogP contribution in [0.1, 0.15) is 24.0 Å². The number of aromatic amines is 1. The smallest absolute Gasteiger partial charge is 0.417 e. The number of H-pyrrole nitrogens is 1. The van der Waals surface area contributed by atoms with Gasteiger partial charge in [-0.25, -0.2) is 9.59 Å². The summed E-state index contributed by atoms with van der Waals surface area (Å²) in [5.41, 5.74) is 3.41. The highest BCUT2D eigenvalue weighted by atomic mass is 16.6. The molecule has 5 rings (SSSR count). The standard InChI is InChI=1S/C30H30N2O5/c33-28(34)29(35)37-24(21-36-27-13-7-12-26-25(27)14-17-31-26)20-32-18-15-30(16-19-32,22-8-3-1-4-9-22)23-10-5-2-6-11-23/h1-14,17,24,31H,15-16,18-21H2,(H,33,34)/t24-/m0/s1. The fraction of sp³-hybridized carbons (Fsp3) is 0.267. The molecular weight excluding hydrogens is 468 g/mol. The topological polar surface area (TPSA) is 91.9 Å². The zero-order valence-electron chi connectivity index (χ0n) is 20.5. The molecule has 1 fully saturated rings. The van der Waals surface area contributed by atoms with Gasteiger partial charge < -0.3 is 19.6 Å². The minimum Gasteiger partial charge on any atom is -0.489 e. The third-order valence-corrected chi connectivity index (χ3v) is 7.25. The summed E-state index contributed by atoms with van der Waals surface area (Å²) in [5.74, 6) is -2.22. The molecule has 7 heteroatoms. The van der Waals surface area contributed by atoms with Gasteiger partial charge in [0.05, 0.1) is 0 Å². The number of piperidine rings is 1. The molecule has 3 aromatic carbocycles. The molecule has 7 nitrogen and oxygen atoms in total. The number of carboxylic acids is 1. The van der Waals surface area contributed by atoms with E-state index in [1.54, 1.807) is 0 Å². The number of fused-ring (bicyclic) bond motifs is 1. The maximum absolute atomic E-state index is 11.9. The van der Waals surface area contributed by atoms with Gasteiger partial charge in [0.1, 0.15) is 18.5 Å². The number of carbonyl (C=O) groups excluding carboxylic acids is 1. The van der Waals surface area contributed by atoms with E-state index in [1.807, 2.05) is 42.6 Å². The van der Waals surface area contributed by atoms with Crippen LogP contribution in [0.2, 0.25) is 0 Å². The quantitative estimate of drug-likeness (QED) is 0.272. The van der Waals surface area contributed by atoms with Crippen molar-refractivity contribution in [2.75, 3.05) is 26.2 Å². The first-order chi connectivity index (χ1) is 18.0. The fourth-order valence-electron chi connectivity index (χ4n) is 5.35. The Bertz CT molecular complexity index is 1300. The van der Waals surface area contributed by atoms with Crippen molar-refractivity contribution in [3.8, 4) is 5.75 Å². The molecule has 1 aromatic heterocycles. The second-order valence-corrected chi connectivity index (χ2v) is 9.45. The van der Waals surface area contributed by atoms with Crippen LogP contribution < -0.4 is 4.74 Å². The Morgan fingerprint density at radius 2 is 1.54 bits per heavy atom. The van der Waals surface area contributed by atoms with E-state index in [2.05, 4.69) is 58.4 Å². The van der Waals surface area contributed by atoms with Crippen molar-refractivity contribution in [1.82, 2.24) is 9.88 Å². The number of hydrogen-bond donors (Lipinski definition) is 2. The van der Waals surface area contributed by atoms with Gasteiger partial charge in [0.25, 0.3) is 0 Å². The Morgan fingerprint density at radius 1 is 0.892 bits per heavy atom. The highest BCUT2D eigenvalue weighted by Crippen LogP contribution is 2.41. The van der Waals surface area contributed by atoms with E-state index in [1.165, 1.54) is 11.1 Å². The number of esters is 1. The Kier molecular flexibility index (Phi) is 7.23. The molecule has 0 aliphatic carbocycles. The molecule has 1 saturated heterocycles. The number of benzene rings is 3. The van der Waals surface area contributed by atoms with Crippen LogP contribution in [0.4, 0.5) is 0 Å². The van der Waals surface area contributed by atoms with E-state index in [4.69, 9.17) is 14.6 Å². The zero-order valence-corrected chi connectivity index (χ0v) is 20.5. The third-order valence-electron chi connectivity index (χ3n) is 7.25. The molecular formula is C30H30N2O5. The fourth-order valence-corrected chi connectivity index (χ4v) is 5.35. The van der Waals surface area contributed by atoms with Crippen molar-refractivity contribution in [2.45, 2.75) is 24.4 Å². The first-order valence-corrected chi connectivity index (χ1v) is 12.5. The first kappa shape index (κ1) is 24.6. The van der Waals surface area contributed by atoms with Crippen molar-refractivity contribution in [3.05, 3.63) is 102 Å². The number of likely N-dealkylation sites (tertiary alicyclic amines) is 1. The number of nitrogens with zero attached hydrogens (tertiary/aromatic N) is 1. The molecule has 0 unspecified atom stereocenters. The van der Waals surface area contributed by atoms with Crippen LogP contribution in [-0.2, 0) is 19.7 Å². The minimum atomic E-state index is -1.61. The van der Waals surface area contributed by atoms with Gasteiger partial charge in [-0.15, -0.1) is 0 Å². The number of hydrogen-bond acceptors (Lipinski definition) is 5. The summed E-state index contributed by atoms with van der Waals surface area (Å²) in [6, 6.07) is 28.7. The average Bonchev–Trinajstić information content (AvgIpc) is 3.43. The van der Waals surface area contributed by atoms with Gasteiger partial charge in [-0.3, -0.25) is 4.90 Å². The van der Waals surface area contributed by atoms with Gasteiger partial charge in [0.2, 0.25) is 0 Å². The second-order valence-electron chi connectivity index (χ2n) is 9.45. The van der Waals surface area contributed by atoms with Gasteiger partial charge in [0.15, 0.2) is 0 Å². The molecule has 2 N–H and O–H groups in total. The number of carbonyl (C=O) groups is 2. The van der Waals surface area contributed by atoms with E-state index in [0.29, 0.717) is 12.3 Å². The lowest BCUT2D eigenvalue weighted by Crippen LogP contribution is -2.47. The summed E-state index contributed by atoms with van der Waals surface area (Å²) in [6.07, 6.45) is 2.89. The van der Waals surface area contributed by atoms with Crippen molar-refractivity contribution in [3.63, 3.8) is 0 Å². The van der Waals surface area contributed by atoms with Gasteiger partial charge >= 0.3 is 11.9 Å². The number of ether oxygens (including phenoxy) is 2. The molecule has 0 radical (unpaired) electrons. The van der Waals surface area contributed by atoms with Gasteiger partial charge in [0, 0.05) is 29.1 Å². The Labute approximate surface area is 215 Å². The van der Waals surface area contributed by atoms with Crippen LogP contribution in [0, 0.1) is 0 Å². The van der Waals surface area contributed by atoms with Crippen LogP contribution in [0.25, 0.3) is 10.9 Å². The molecule has 37 heavy (non-hydrogen) atoms. The SMILES string of the molecule is O=C(O)C(=O)O[C@H](COc1cccc2[nH]ccc12)CN1CCC(c2ccccc2)(c2ccccc2)CC1. The van der Waals surface area contributed by atoms with E-state index in [9.17, 15) is 9.59 Å². The number of carboxylic acid groups (broad SMARTS) is 1. The van der Waals surface area contributed by atoms with E-state index in [-0.39, 0.29) is 12.0 Å². The van der Waals surface area contributed by atoms with Gasteiger partial charge in [-0.05, 0) is 55.3 Å². The molecule has 1 atom stereocenters. The monoisotopic (exact) mass is 498 g/mol. The van der Waals surface area contributed by atoms with E-state index < -0.39 is 18.0 Å². The van der Waals surface area contributed by atoms with E-state index >= 15 is 0 Å². The summed E-state index contributed by atoms with van der Waals surface area (Å²) in [7, 11) is 0. The van der Waals surface area contributed by atoms with Gasteiger partial charge in [-0.1, -0.05) is 66.7 Å². The summed E-state index contributed by atoms with van der Waals surface area (Å²) in [4.78, 5) is 28.5. The van der Waals surface area contributed by atoms with Crippen LogP contribution in [0.15, 0.2) is 91.1 Å². The maximum Gasteiger partial charge on any atom is 0.417 e. The lowest BCUT2D eigenvalue weighted by Gasteiger charge is -2.43. The zero-order chi connectivity index (χ0) is 25.7. The van der Waals surface area contributed by atoms with Crippen molar-refractivity contribution >= 4 is 22.8 Å². The van der Waals surface area contributed by atoms with Crippen molar-refractivity contribution in [2.24, 2.45) is 0 Å². The summed E-state index contributed by atoms with van der Waals surface area (Å²) < 4.78 is 11.4. The Balaban J connectivity index is 1.30. The first-order valence-electron chi connectivity index (χ1n) is 12.5. The second kappa shape index (κ2) is 10.9. The van der Waals surface area contributed by atoms with E-state index in [0.717, 1.165) is 36.8 Å². The lowest BCUT2D eigenvalue weighted by atomic mass is 9.68. The average molecular weight is 499 g/mol. The highest BCUT2D eigenvalue weighted by molar-refractivity contribution is 6.28. The summed E-state index contributed by atoms with van der Waals surface area (Å²) in [6.45, 7) is 2.00. The molecule has 2 heterocycles. The minimum absolute atomic E-state index is 0.0579. The van der Waals surface area contributed by atoms with Crippen LogP contribution >= 0.6 is 0 Å². The van der Waals surface area contributed by atoms with Crippen LogP contribution in [0.5, 0.6) is 5.75 Å². The predicted molar refractivity (Wildman–Crippen MR) is 141 cm³/mol. The number of aromatic nitrogens is 1. The summed E-state index contributed by atoms with van der Waals surface area (Å²) >= 11 is 0. The summed E-state index contributed by atoms with van der Waals surface area (Å²) in [5, 5.41) is 10.0. The molecule has 190 valence electrons. The number of nitrogens with one attached hydrogen (secondary N) is 1. The Hall–Kier alpha value is -4.10. The lowest BCUT2D eigenvalue weighted by molar-refractivity contribution is -0.169. The maximum atomic E-state index is 11.9. The normalized spacial score (nSPS) is 16.2. The van der Waals surface area contributed by atoms with Crippen LogP contribution in [0.3, 0.4) is 0 Å². The largest absolute Gasteiger partial charge is 0.489 e. The molecule has 0 saturated carbocycles. The molecule has 1 aliphatic rings. The number of aliphatic carboxylic acids is 1. The van der Waals surface area contributed by atoms with Crippen LogP contribution in [-0.4, -0.2) is 59.3 Å². The van der Waals surface area contributed by atoms with Gasteiger partial charge in [-0.2, -0.15) is 0 Å². The Morgan fingerprint density at radius 3 is 2.16 bits per heavy atom. The predicted octanol–water partition coefficient (Wildman–Crippen LogP) is 4.63.